The number of benzene rings is 2. The van der Waals surface area contributed by atoms with E-state index >= 15 is 0 Å². The van der Waals surface area contributed by atoms with Crippen LogP contribution < -0.4 is 10.2 Å². The van der Waals surface area contributed by atoms with Gasteiger partial charge in [-0.3, -0.25) is 9.48 Å². The second kappa shape index (κ2) is 10.0. The van der Waals surface area contributed by atoms with Crippen LogP contribution in [0, 0.1) is 13.8 Å². The summed E-state index contributed by atoms with van der Waals surface area (Å²) in [6.45, 7) is 7.54. The van der Waals surface area contributed by atoms with E-state index in [0.717, 1.165) is 52.0 Å². The van der Waals surface area contributed by atoms with Crippen molar-refractivity contribution >= 4 is 35.0 Å². The maximum Gasteiger partial charge on any atom is 0.248 e. The molecule has 2 aromatic carbocycles. The lowest BCUT2D eigenvalue weighted by molar-refractivity contribution is -0.111. The van der Waals surface area contributed by atoms with Crippen LogP contribution in [0.3, 0.4) is 0 Å². The molecule has 6 nitrogen and oxygen atoms in total. The number of hydrogen-bond acceptors (Lipinski definition) is 4. The number of carbonyl (C=O) groups is 1. The molecule has 1 aliphatic rings. The van der Waals surface area contributed by atoms with Gasteiger partial charge in [-0.2, -0.15) is 5.10 Å². The van der Waals surface area contributed by atoms with E-state index in [1.165, 1.54) is 0 Å². The Balaban J connectivity index is 1.48. The zero-order valence-corrected chi connectivity index (χ0v) is 19.1. The molecule has 1 aliphatic heterocycles. The number of carbonyl (C=O) groups excluding carboxylic acids is 1. The number of hydrogen-bond donors (Lipinski definition) is 1. The standard InChI is InChI=1S/C25H27ClN4O2/c1-18-21(19(2)30(28-18)17-20-7-3-4-8-22(20)26)11-12-25(31)27-23-9-5-6-10-24(23)29-13-15-32-16-14-29/h3-12H,13-17H2,1-2H3,(H,27,31)/b12-11+. The maximum absolute atomic E-state index is 12.7. The van der Waals surface area contributed by atoms with E-state index in [-0.39, 0.29) is 5.91 Å². The predicted molar refractivity (Wildman–Crippen MR) is 129 cm³/mol. The van der Waals surface area contributed by atoms with Crippen LogP contribution in [0.25, 0.3) is 6.08 Å². The quantitative estimate of drug-likeness (QED) is 0.553. The second-order valence-electron chi connectivity index (χ2n) is 7.77. The van der Waals surface area contributed by atoms with Crippen LogP contribution in [-0.2, 0) is 16.1 Å². The van der Waals surface area contributed by atoms with Gasteiger partial charge in [-0.05, 0) is 43.7 Å². The number of rotatable bonds is 6. The minimum atomic E-state index is -0.177. The van der Waals surface area contributed by atoms with Gasteiger partial charge in [0.25, 0.3) is 0 Å². The molecular weight excluding hydrogens is 424 g/mol. The topological polar surface area (TPSA) is 59.4 Å². The van der Waals surface area contributed by atoms with Gasteiger partial charge < -0.3 is 15.0 Å². The van der Waals surface area contributed by atoms with Crippen molar-refractivity contribution < 1.29 is 9.53 Å². The summed E-state index contributed by atoms with van der Waals surface area (Å²) in [6, 6.07) is 15.6. The molecule has 32 heavy (non-hydrogen) atoms. The molecule has 0 bridgehead atoms. The van der Waals surface area contributed by atoms with Crippen molar-refractivity contribution in [2.45, 2.75) is 20.4 Å². The SMILES string of the molecule is Cc1nn(Cc2ccccc2Cl)c(C)c1/C=C/C(=O)Nc1ccccc1N1CCOCC1. The van der Waals surface area contributed by atoms with E-state index in [0.29, 0.717) is 19.8 Å². The monoisotopic (exact) mass is 450 g/mol. The fourth-order valence-corrected chi connectivity index (χ4v) is 4.08. The first-order valence-corrected chi connectivity index (χ1v) is 11.1. The molecule has 1 amide bonds. The Morgan fingerprint density at radius 1 is 1.12 bits per heavy atom. The van der Waals surface area contributed by atoms with E-state index in [2.05, 4.69) is 15.3 Å². The Hall–Kier alpha value is -3.09. The van der Waals surface area contributed by atoms with Gasteiger partial charge in [0, 0.05) is 35.4 Å². The second-order valence-corrected chi connectivity index (χ2v) is 8.18. The summed E-state index contributed by atoms with van der Waals surface area (Å²) in [5, 5.41) is 8.38. The van der Waals surface area contributed by atoms with E-state index in [1.807, 2.05) is 73.1 Å². The molecule has 0 spiro atoms. The molecule has 4 rings (SSSR count). The first kappa shape index (κ1) is 22.1. The summed E-state index contributed by atoms with van der Waals surface area (Å²) in [5.74, 6) is -0.177. The smallest absolute Gasteiger partial charge is 0.248 e. The number of halogens is 1. The number of aryl methyl sites for hydroxylation is 1. The molecule has 1 saturated heterocycles. The van der Waals surface area contributed by atoms with Crippen molar-refractivity contribution in [3.05, 3.63) is 82.1 Å². The van der Waals surface area contributed by atoms with Crippen molar-refractivity contribution in [1.82, 2.24) is 9.78 Å². The number of nitrogens with zero attached hydrogens (tertiary/aromatic N) is 3. The number of aromatic nitrogens is 2. The molecule has 166 valence electrons. The number of amides is 1. The van der Waals surface area contributed by atoms with Crippen molar-refractivity contribution in [3.63, 3.8) is 0 Å². The normalized spacial score (nSPS) is 14.2. The highest BCUT2D eigenvalue weighted by Gasteiger charge is 2.15. The number of ether oxygens (including phenoxy) is 1. The fraction of sp³-hybridized carbons (Fsp3) is 0.280. The summed E-state index contributed by atoms with van der Waals surface area (Å²) >= 11 is 6.30. The number of para-hydroxylation sites is 2. The van der Waals surface area contributed by atoms with Crippen molar-refractivity contribution in [3.8, 4) is 0 Å². The van der Waals surface area contributed by atoms with Crippen molar-refractivity contribution in [2.24, 2.45) is 0 Å². The highest BCUT2D eigenvalue weighted by Crippen LogP contribution is 2.26. The van der Waals surface area contributed by atoms with E-state index in [9.17, 15) is 4.79 Å². The molecule has 2 heterocycles. The third kappa shape index (κ3) is 5.03. The molecule has 0 saturated carbocycles. The average Bonchev–Trinajstić information content (AvgIpc) is 3.07. The molecule has 3 aromatic rings. The van der Waals surface area contributed by atoms with Gasteiger partial charge >= 0.3 is 0 Å². The van der Waals surface area contributed by atoms with Crippen LogP contribution in [0.15, 0.2) is 54.6 Å². The molecule has 0 radical (unpaired) electrons. The summed E-state index contributed by atoms with van der Waals surface area (Å²) < 4.78 is 7.36. The molecule has 1 N–H and O–H groups in total. The van der Waals surface area contributed by atoms with Crippen LogP contribution in [0.5, 0.6) is 0 Å². The Labute approximate surface area is 193 Å². The predicted octanol–water partition coefficient (Wildman–Crippen LogP) is 4.69. The molecule has 7 heteroatoms. The highest BCUT2D eigenvalue weighted by molar-refractivity contribution is 6.31. The van der Waals surface area contributed by atoms with Crippen LogP contribution in [0.2, 0.25) is 5.02 Å². The zero-order valence-electron chi connectivity index (χ0n) is 18.3. The minimum Gasteiger partial charge on any atom is -0.378 e. The van der Waals surface area contributed by atoms with E-state index in [1.54, 1.807) is 6.08 Å². The van der Waals surface area contributed by atoms with E-state index < -0.39 is 0 Å². The first-order chi connectivity index (χ1) is 15.5. The Bertz CT molecular complexity index is 1130. The Morgan fingerprint density at radius 2 is 1.84 bits per heavy atom. The number of anilines is 2. The zero-order chi connectivity index (χ0) is 22.5. The lowest BCUT2D eigenvalue weighted by Gasteiger charge is -2.30. The molecule has 1 aromatic heterocycles. The van der Waals surface area contributed by atoms with E-state index in [4.69, 9.17) is 16.3 Å². The van der Waals surface area contributed by atoms with Gasteiger partial charge in [0.2, 0.25) is 5.91 Å². The summed E-state index contributed by atoms with van der Waals surface area (Å²) in [7, 11) is 0. The van der Waals surface area contributed by atoms with Gasteiger partial charge in [0.05, 0.1) is 36.8 Å². The van der Waals surface area contributed by atoms with Crippen LogP contribution >= 0.6 is 11.6 Å². The summed E-state index contributed by atoms with van der Waals surface area (Å²) in [6.07, 6.45) is 3.39. The van der Waals surface area contributed by atoms with Gasteiger partial charge in [-0.15, -0.1) is 0 Å². The minimum absolute atomic E-state index is 0.177. The summed E-state index contributed by atoms with van der Waals surface area (Å²) in [5.41, 5.74) is 5.61. The van der Waals surface area contributed by atoms with Gasteiger partial charge in [-0.1, -0.05) is 41.9 Å². The van der Waals surface area contributed by atoms with Crippen molar-refractivity contribution in [2.75, 3.05) is 36.5 Å². The summed E-state index contributed by atoms with van der Waals surface area (Å²) in [4.78, 5) is 14.9. The number of nitrogens with one attached hydrogen (secondary N) is 1. The first-order valence-electron chi connectivity index (χ1n) is 10.7. The van der Waals surface area contributed by atoms with Gasteiger partial charge in [-0.25, -0.2) is 0 Å². The largest absolute Gasteiger partial charge is 0.378 e. The maximum atomic E-state index is 12.7. The van der Waals surface area contributed by atoms with Gasteiger partial charge in [0.15, 0.2) is 0 Å². The Kier molecular flexibility index (Phi) is 6.93. The van der Waals surface area contributed by atoms with Gasteiger partial charge in [0.1, 0.15) is 0 Å². The molecule has 1 fully saturated rings. The third-order valence-corrected chi connectivity index (χ3v) is 6.00. The highest BCUT2D eigenvalue weighted by atomic mass is 35.5. The lowest BCUT2D eigenvalue weighted by atomic mass is 10.1. The number of morpholine rings is 1. The van der Waals surface area contributed by atoms with Crippen LogP contribution in [-0.4, -0.2) is 42.0 Å². The Morgan fingerprint density at radius 3 is 2.62 bits per heavy atom. The molecule has 0 atom stereocenters. The fourth-order valence-electron chi connectivity index (χ4n) is 3.89. The lowest BCUT2D eigenvalue weighted by Crippen LogP contribution is -2.36. The molecule has 0 aliphatic carbocycles. The molecule has 0 unspecified atom stereocenters. The van der Waals surface area contributed by atoms with Crippen LogP contribution in [0.4, 0.5) is 11.4 Å². The van der Waals surface area contributed by atoms with Crippen molar-refractivity contribution in [1.29, 1.82) is 0 Å². The average molecular weight is 451 g/mol. The van der Waals surface area contributed by atoms with Crippen LogP contribution in [0.1, 0.15) is 22.5 Å². The molecular formula is C25H27ClN4O2. The third-order valence-electron chi connectivity index (χ3n) is 5.63.